The Labute approximate surface area is 253 Å². The third-order valence-electron chi connectivity index (χ3n) is 8.30. The zero-order chi connectivity index (χ0) is 31.4. The minimum Gasteiger partial charge on any atom is -0.461 e. The van der Waals surface area contributed by atoms with E-state index in [1.54, 1.807) is 12.3 Å². The van der Waals surface area contributed by atoms with E-state index in [0.717, 1.165) is 37.1 Å². The van der Waals surface area contributed by atoms with E-state index in [9.17, 15) is 15.1 Å². The van der Waals surface area contributed by atoms with Gasteiger partial charge in [-0.25, -0.2) is 9.78 Å². The largest absolute Gasteiger partial charge is 0.461 e. The van der Waals surface area contributed by atoms with Crippen molar-refractivity contribution in [3.8, 4) is 0 Å². The van der Waals surface area contributed by atoms with Crippen molar-refractivity contribution < 1.29 is 18.8 Å². The Bertz CT molecular complexity index is 1000. The summed E-state index contributed by atoms with van der Waals surface area (Å²) in [4.78, 5) is 36.3. The number of azide groups is 1. The topological polar surface area (TPSA) is 117 Å². The number of hydrogen-bond donors (Lipinski definition) is 0. The Morgan fingerprint density at radius 1 is 1.15 bits per heavy atom. The fraction of sp³-hybridized carbons (Fsp3) is 0.833. The molecule has 0 fully saturated rings. The molecular formula is C30H55N5O4SSi. The number of ether oxygens (including phenoxy) is 1. The molecule has 1 amide bonds. The second-order valence-electron chi connectivity index (χ2n) is 12.8. The van der Waals surface area contributed by atoms with E-state index in [1.165, 1.54) is 11.3 Å². The monoisotopic (exact) mass is 609 g/mol. The van der Waals surface area contributed by atoms with Crippen LogP contribution >= 0.6 is 11.3 Å². The average Bonchev–Trinajstić information content (AvgIpc) is 3.39. The summed E-state index contributed by atoms with van der Waals surface area (Å²) in [6.07, 6.45) is 4.98. The van der Waals surface area contributed by atoms with Gasteiger partial charge in [-0.1, -0.05) is 86.2 Å². The summed E-state index contributed by atoms with van der Waals surface area (Å²) < 4.78 is 12.2. The van der Waals surface area contributed by atoms with Crippen molar-refractivity contribution in [2.75, 3.05) is 13.2 Å². The first-order valence-electron chi connectivity index (χ1n) is 15.3. The maximum absolute atomic E-state index is 14.1. The van der Waals surface area contributed by atoms with Gasteiger partial charge in [-0.3, -0.25) is 4.79 Å². The summed E-state index contributed by atoms with van der Waals surface area (Å²) in [7, 11) is -2.26. The van der Waals surface area contributed by atoms with Gasteiger partial charge in [0, 0.05) is 22.9 Å². The highest BCUT2D eigenvalue weighted by atomic mass is 32.1. The number of thiazole rings is 1. The molecule has 0 aliphatic rings. The molecule has 0 radical (unpaired) electrons. The fourth-order valence-corrected chi connectivity index (χ4v) is 6.64. The molecule has 4 atom stereocenters. The standard InChI is InChI=1S/C30H55N5O4SSi/c1-12-15-16-17-18-35(28(36)26(33-34-31)22(6)13-2)24(21(4)5)19-25(39-41(10,11)30(7,8)9)27-32-23(20-40-27)29(37)38-14-3/h20-22,24-26H,12-19H2,1-11H3/t22-,24+,25+,26?/m0/s1. The number of amides is 1. The smallest absolute Gasteiger partial charge is 0.357 e. The van der Waals surface area contributed by atoms with Gasteiger partial charge in [-0.05, 0) is 55.3 Å². The van der Waals surface area contributed by atoms with Gasteiger partial charge >= 0.3 is 5.97 Å². The molecule has 0 aliphatic heterocycles. The molecule has 0 N–H and O–H groups in total. The first kappa shape index (κ1) is 37.1. The van der Waals surface area contributed by atoms with Gasteiger partial charge in [-0.2, -0.15) is 0 Å². The number of rotatable bonds is 18. The summed E-state index contributed by atoms with van der Waals surface area (Å²) in [5.74, 6) is -0.525. The zero-order valence-electron chi connectivity index (χ0n) is 27.4. The number of nitrogens with zero attached hydrogens (tertiary/aromatic N) is 5. The lowest BCUT2D eigenvalue weighted by molar-refractivity contribution is -0.138. The minimum atomic E-state index is -2.26. The number of esters is 1. The van der Waals surface area contributed by atoms with E-state index in [0.29, 0.717) is 13.0 Å². The van der Waals surface area contributed by atoms with Crippen LogP contribution in [0.4, 0.5) is 0 Å². The van der Waals surface area contributed by atoms with Crippen LogP contribution in [0, 0.1) is 11.8 Å². The number of hydrogen-bond acceptors (Lipinski definition) is 7. The predicted molar refractivity (Wildman–Crippen MR) is 171 cm³/mol. The van der Waals surface area contributed by atoms with Crippen LogP contribution in [0.15, 0.2) is 10.5 Å². The van der Waals surface area contributed by atoms with Gasteiger partial charge in [0.15, 0.2) is 14.0 Å². The Balaban J connectivity index is 3.60. The van der Waals surface area contributed by atoms with Gasteiger partial charge < -0.3 is 14.1 Å². The van der Waals surface area contributed by atoms with E-state index < -0.39 is 26.4 Å². The Morgan fingerprint density at radius 3 is 2.32 bits per heavy atom. The molecule has 0 saturated heterocycles. The third kappa shape index (κ3) is 11.0. The Kier molecular flexibility index (Phi) is 15.6. The maximum atomic E-state index is 14.1. The van der Waals surface area contributed by atoms with Gasteiger partial charge in [-0.15, -0.1) is 11.3 Å². The van der Waals surface area contributed by atoms with Crippen molar-refractivity contribution in [3.63, 3.8) is 0 Å². The van der Waals surface area contributed by atoms with Gasteiger partial charge in [0.1, 0.15) is 11.0 Å². The van der Waals surface area contributed by atoms with Crippen molar-refractivity contribution >= 4 is 31.5 Å². The second-order valence-corrected chi connectivity index (χ2v) is 18.5. The van der Waals surface area contributed by atoms with E-state index in [2.05, 4.69) is 69.6 Å². The molecule has 0 spiro atoms. The first-order valence-corrected chi connectivity index (χ1v) is 19.1. The van der Waals surface area contributed by atoms with Crippen molar-refractivity contribution in [1.29, 1.82) is 0 Å². The minimum absolute atomic E-state index is 0.0430. The quantitative estimate of drug-likeness (QED) is 0.0411. The lowest BCUT2D eigenvalue weighted by atomic mass is 9.92. The summed E-state index contributed by atoms with van der Waals surface area (Å²) in [6, 6.07) is -0.929. The predicted octanol–water partition coefficient (Wildman–Crippen LogP) is 8.93. The summed E-state index contributed by atoms with van der Waals surface area (Å²) in [5, 5.41) is 6.38. The van der Waals surface area contributed by atoms with Crippen LogP contribution in [0.3, 0.4) is 0 Å². The van der Waals surface area contributed by atoms with Crippen LogP contribution in [0.2, 0.25) is 18.1 Å². The normalized spacial score (nSPS) is 15.1. The van der Waals surface area contributed by atoms with Gasteiger partial charge in [0.2, 0.25) is 5.91 Å². The van der Waals surface area contributed by atoms with Crippen LogP contribution in [0.25, 0.3) is 10.4 Å². The lowest BCUT2D eigenvalue weighted by Crippen LogP contribution is -2.50. The van der Waals surface area contributed by atoms with Crippen LogP contribution in [-0.4, -0.2) is 55.3 Å². The fourth-order valence-electron chi connectivity index (χ4n) is 4.45. The Hall–Kier alpha value is -1.94. The zero-order valence-corrected chi connectivity index (χ0v) is 29.2. The molecule has 234 valence electrons. The van der Waals surface area contributed by atoms with Crippen LogP contribution < -0.4 is 0 Å². The summed E-state index contributed by atoms with van der Waals surface area (Å²) in [5.41, 5.74) is 9.60. The molecule has 1 aromatic rings. The van der Waals surface area contributed by atoms with E-state index in [-0.39, 0.29) is 41.1 Å². The molecule has 0 aromatic carbocycles. The molecule has 9 nitrogen and oxygen atoms in total. The van der Waals surface area contributed by atoms with Crippen molar-refractivity contribution in [3.05, 3.63) is 26.5 Å². The number of carbonyl (C=O) groups excluding carboxylic acids is 2. The highest BCUT2D eigenvalue weighted by Crippen LogP contribution is 2.42. The molecule has 0 saturated carbocycles. The van der Waals surface area contributed by atoms with E-state index in [4.69, 9.17) is 9.16 Å². The molecule has 1 rings (SSSR count). The highest BCUT2D eigenvalue weighted by molar-refractivity contribution is 7.09. The van der Waals surface area contributed by atoms with Crippen LogP contribution in [-0.2, 0) is 14.0 Å². The number of aromatic nitrogens is 1. The highest BCUT2D eigenvalue weighted by Gasteiger charge is 2.42. The number of unbranched alkanes of at least 4 members (excludes halogenated alkanes) is 3. The van der Waals surface area contributed by atoms with Crippen molar-refractivity contribution in [2.24, 2.45) is 17.0 Å². The molecule has 1 heterocycles. The van der Waals surface area contributed by atoms with Crippen molar-refractivity contribution in [2.45, 2.75) is 137 Å². The first-order chi connectivity index (χ1) is 19.1. The van der Waals surface area contributed by atoms with E-state index >= 15 is 0 Å². The van der Waals surface area contributed by atoms with Gasteiger partial charge in [0.05, 0.1) is 12.7 Å². The molecule has 1 aromatic heterocycles. The lowest BCUT2D eigenvalue weighted by Gasteiger charge is -2.42. The van der Waals surface area contributed by atoms with E-state index in [1.807, 2.05) is 18.7 Å². The molecule has 0 bridgehead atoms. The van der Waals surface area contributed by atoms with Crippen LogP contribution in [0.1, 0.15) is 122 Å². The maximum Gasteiger partial charge on any atom is 0.357 e. The van der Waals surface area contributed by atoms with Crippen molar-refractivity contribution in [1.82, 2.24) is 9.88 Å². The Morgan fingerprint density at radius 2 is 1.80 bits per heavy atom. The second kappa shape index (κ2) is 17.2. The molecule has 11 heteroatoms. The summed E-state index contributed by atoms with van der Waals surface area (Å²) >= 11 is 1.40. The number of carbonyl (C=O) groups is 2. The molecular weight excluding hydrogens is 555 g/mol. The van der Waals surface area contributed by atoms with Gasteiger partial charge in [0.25, 0.3) is 0 Å². The molecule has 1 unspecified atom stereocenters. The average molecular weight is 610 g/mol. The SMILES string of the molecule is CCCCCCN(C(=O)C(N=[N+]=[N-])[C@@H](C)CC)[C@H](C[C@@H](O[Si](C)(C)C(C)(C)C)c1nc(C(=O)OCC)cs1)C(C)C. The molecule has 0 aliphatic carbocycles. The third-order valence-corrected chi connectivity index (χ3v) is 13.7. The van der Waals surface area contributed by atoms with Crippen LogP contribution in [0.5, 0.6) is 0 Å². The molecule has 41 heavy (non-hydrogen) atoms. The summed E-state index contributed by atoms with van der Waals surface area (Å²) in [6.45, 7) is 24.0.